The second-order valence-corrected chi connectivity index (χ2v) is 11.9. The molecule has 0 unspecified atom stereocenters. The van der Waals surface area contributed by atoms with Crippen molar-refractivity contribution in [1.82, 2.24) is 18.8 Å². The van der Waals surface area contributed by atoms with E-state index in [1.54, 1.807) is 59.8 Å². The van der Waals surface area contributed by atoms with Gasteiger partial charge in [0, 0.05) is 44.1 Å². The molecular formula is C27H34N6O6S. The Hall–Kier alpha value is -3.94. The molecule has 0 saturated carbocycles. The summed E-state index contributed by atoms with van der Waals surface area (Å²) in [6.45, 7) is 3.55. The van der Waals surface area contributed by atoms with Gasteiger partial charge in [0.05, 0.1) is 31.1 Å². The minimum absolute atomic E-state index is 0.00542. The van der Waals surface area contributed by atoms with Crippen molar-refractivity contribution in [3.63, 3.8) is 0 Å². The largest absolute Gasteiger partial charge is 0.488 e. The molecule has 3 atom stereocenters. The van der Waals surface area contributed by atoms with Crippen molar-refractivity contribution in [3.8, 4) is 5.75 Å². The minimum atomic E-state index is -3.88. The topological polar surface area (TPSA) is 146 Å². The van der Waals surface area contributed by atoms with Crippen LogP contribution in [-0.2, 0) is 17.1 Å². The molecule has 13 heteroatoms. The smallest absolute Gasteiger partial charge is 0.323 e. The molecule has 0 saturated heterocycles. The van der Waals surface area contributed by atoms with Crippen molar-refractivity contribution >= 4 is 33.3 Å². The highest BCUT2D eigenvalue weighted by Gasteiger charge is 2.35. The maximum absolute atomic E-state index is 13.6. The molecule has 4 rings (SSSR count). The number of aryl methyl sites for hydroxylation is 1. The Labute approximate surface area is 233 Å². The third kappa shape index (κ3) is 6.43. The van der Waals surface area contributed by atoms with Crippen molar-refractivity contribution in [3.05, 3.63) is 66.6 Å². The number of fused-ring (bicyclic) bond motifs is 1. The molecule has 3 aromatic rings. The van der Waals surface area contributed by atoms with Gasteiger partial charge in [0.15, 0.2) is 5.03 Å². The van der Waals surface area contributed by atoms with E-state index in [2.05, 4.69) is 15.6 Å². The second kappa shape index (κ2) is 12.1. The van der Waals surface area contributed by atoms with Crippen molar-refractivity contribution in [2.75, 3.05) is 37.4 Å². The fraction of sp³-hybridized carbons (Fsp3) is 0.370. The third-order valence-corrected chi connectivity index (χ3v) is 8.46. The van der Waals surface area contributed by atoms with Crippen LogP contribution >= 0.6 is 0 Å². The van der Waals surface area contributed by atoms with Crippen LogP contribution in [0.2, 0.25) is 0 Å². The zero-order valence-corrected chi connectivity index (χ0v) is 23.6. The van der Waals surface area contributed by atoms with E-state index in [9.17, 15) is 23.1 Å². The lowest BCUT2D eigenvalue weighted by atomic mass is 9.99. The Morgan fingerprint density at radius 3 is 2.55 bits per heavy atom. The molecule has 214 valence electrons. The first-order valence-corrected chi connectivity index (χ1v) is 14.2. The number of carbonyl (C=O) groups is 2. The Morgan fingerprint density at radius 1 is 1.20 bits per heavy atom. The van der Waals surface area contributed by atoms with E-state index in [-0.39, 0.29) is 47.9 Å². The molecule has 0 aliphatic carbocycles. The van der Waals surface area contributed by atoms with Crippen LogP contribution in [-0.4, -0.2) is 83.1 Å². The number of anilines is 2. The van der Waals surface area contributed by atoms with Crippen LogP contribution < -0.4 is 15.4 Å². The lowest BCUT2D eigenvalue weighted by molar-refractivity contribution is 0.0387. The molecule has 3 amide bonds. The number of sulfonamides is 1. The number of ether oxygens (including phenoxy) is 1. The number of rotatable bonds is 8. The molecule has 2 aromatic carbocycles. The number of aromatic nitrogens is 2. The summed E-state index contributed by atoms with van der Waals surface area (Å²) >= 11 is 0. The first-order chi connectivity index (χ1) is 19.0. The van der Waals surface area contributed by atoms with Gasteiger partial charge in [-0.25, -0.2) is 18.2 Å². The summed E-state index contributed by atoms with van der Waals surface area (Å²) in [5.74, 6) is -0.417. The molecule has 2 heterocycles. The van der Waals surface area contributed by atoms with Crippen LogP contribution in [0.25, 0.3) is 0 Å². The highest BCUT2D eigenvalue weighted by molar-refractivity contribution is 7.89. The normalized spacial score (nSPS) is 18.4. The average Bonchev–Trinajstić information content (AvgIpc) is 3.38. The molecule has 1 aromatic heterocycles. The number of aliphatic hydroxyl groups is 1. The summed E-state index contributed by atoms with van der Waals surface area (Å²) in [5, 5.41) is 15.2. The van der Waals surface area contributed by atoms with E-state index in [1.807, 2.05) is 13.0 Å². The molecule has 0 fully saturated rings. The van der Waals surface area contributed by atoms with Gasteiger partial charge in [0.25, 0.3) is 15.9 Å². The van der Waals surface area contributed by atoms with Gasteiger partial charge in [0.2, 0.25) is 0 Å². The van der Waals surface area contributed by atoms with Crippen LogP contribution in [0.3, 0.4) is 0 Å². The zero-order chi connectivity index (χ0) is 29.0. The van der Waals surface area contributed by atoms with E-state index in [1.165, 1.54) is 29.9 Å². The number of likely N-dealkylation sites (N-methyl/N-ethyl adjacent to an activating group) is 1. The van der Waals surface area contributed by atoms with Crippen LogP contribution in [0.1, 0.15) is 24.2 Å². The molecule has 3 N–H and O–H groups in total. The van der Waals surface area contributed by atoms with E-state index in [0.29, 0.717) is 11.4 Å². The summed E-state index contributed by atoms with van der Waals surface area (Å²) in [6, 6.07) is 12.6. The number of imidazole rings is 1. The molecule has 0 bridgehead atoms. The van der Waals surface area contributed by atoms with Gasteiger partial charge in [0.1, 0.15) is 11.9 Å². The molecule has 0 spiro atoms. The monoisotopic (exact) mass is 570 g/mol. The van der Waals surface area contributed by atoms with Gasteiger partial charge in [-0.2, -0.15) is 4.31 Å². The quantitative estimate of drug-likeness (QED) is 0.377. The lowest BCUT2D eigenvalue weighted by Gasteiger charge is -2.38. The first kappa shape index (κ1) is 29.1. The molecule has 0 radical (unpaired) electrons. The zero-order valence-electron chi connectivity index (χ0n) is 22.8. The highest BCUT2D eigenvalue weighted by Crippen LogP contribution is 2.31. The Balaban J connectivity index is 1.61. The number of aliphatic hydroxyl groups excluding tert-OH is 1. The van der Waals surface area contributed by atoms with Crippen molar-refractivity contribution in [2.24, 2.45) is 13.0 Å². The fourth-order valence-electron chi connectivity index (χ4n) is 4.37. The van der Waals surface area contributed by atoms with Crippen molar-refractivity contribution in [1.29, 1.82) is 0 Å². The maximum atomic E-state index is 13.6. The SMILES string of the molecule is C[C@@H]1CN([C@H](C)CO)C(=O)c2cc(NC(=O)Nc3ccccc3)ccc2O[C@H]1CN(C)S(=O)(=O)c1cn(C)cn1. The Kier molecular flexibility index (Phi) is 8.76. The van der Waals surface area contributed by atoms with Gasteiger partial charge in [-0.15, -0.1) is 0 Å². The molecule has 12 nitrogen and oxygen atoms in total. The maximum Gasteiger partial charge on any atom is 0.323 e. The number of urea groups is 1. The Bertz CT molecular complexity index is 1460. The van der Waals surface area contributed by atoms with Gasteiger partial charge in [-0.3, -0.25) is 4.79 Å². The average molecular weight is 571 g/mol. The number of nitrogens with zero attached hydrogens (tertiary/aromatic N) is 4. The number of para-hydroxylation sites is 1. The summed E-state index contributed by atoms with van der Waals surface area (Å²) in [5.41, 5.74) is 1.15. The minimum Gasteiger partial charge on any atom is -0.488 e. The van der Waals surface area contributed by atoms with Crippen LogP contribution in [0.15, 0.2) is 66.1 Å². The fourth-order valence-corrected chi connectivity index (χ4v) is 5.51. The first-order valence-electron chi connectivity index (χ1n) is 12.8. The lowest BCUT2D eigenvalue weighted by Crippen LogP contribution is -2.50. The van der Waals surface area contributed by atoms with E-state index in [0.717, 1.165) is 0 Å². The van der Waals surface area contributed by atoms with Gasteiger partial charge >= 0.3 is 6.03 Å². The number of benzene rings is 2. The van der Waals surface area contributed by atoms with Crippen molar-refractivity contribution in [2.45, 2.75) is 31.0 Å². The number of carbonyl (C=O) groups excluding carboxylic acids is 2. The summed E-state index contributed by atoms with van der Waals surface area (Å²) in [7, 11) is -0.743. The number of hydrogen-bond donors (Lipinski definition) is 3. The van der Waals surface area contributed by atoms with Crippen molar-refractivity contribution < 1.29 is 27.9 Å². The van der Waals surface area contributed by atoms with Gasteiger partial charge in [-0.05, 0) is 37.3 Å². The van der Waals surface area contributed by atoms with Crippen LogP contribution in [0.4, 0.5) is 16.2 Å². The van der Waals surface area contributed by atoms with E-state index >= 15 is 0 Å². The number of hydrogen-bond acceptors (Lipinski definition) is 7. The third-order valence-electron chi connectivity index (χ3n) is 6.75. The molecule has 1 aliphatic heterocycles. The van der Waals surface area contributed by atoms with E-state index < -0.39 is 28.2 Å². The standard InChI is InChI=1S/C27H34N6O6S/c1-18-13-33(19(2)16-34)26(35)22-12-21(30-27(36)29-20-8-6-5-7-9-20)10-11-23(22)39-24(18)14-32(4)40(37,38)25-15-31(3)17-28-25/h5-12,15,17-19,24,34H,13-14,16H2,1-4H3,(H2,29,30,36)/t18-,19-,24+/m1/s1. The second-order valence-electron chi connectivity index (χ2n) is 9.94. The van der Waals surface area contributed by atoms with Crippen LogP contribution in [0, 0.1) is 5.92 Å². The van der Waals surface area contributed by atoms with E-state index in [4.69, 9.17) is 4.74 Å². The predicted molar refractivity (Wildman–Crippen MR) is 150 cm³/mol. The molecular weight excluding hydrogens is 536 g/mol. The summed E-state index contributed by atoms with van der Waals surface area (Å²) in [6.07, 6.45) is 2.20. The summed E-state index contributed by atoms with van der Waals surface area (Å²) < 4.78 is 35.3. The predicted octanol–water partition coefficient (Wildman–Crippen LogP) is 2.60. The Morgan fingerprint density at radius 2 is 1.90 bits per heavy atom. The number of amides is 3. The number of nitrogens with one attached hydrogen (secondary N) is 2. The highest BCUT2D eigenvalue weighted by atomic mass is 32.2. The molecule has 40 heavy (non-hydrogen) atoms. The summed E-state index contributed by atoms with van der Waals surface area (Å²) in [4.78, 5) is 31.7. The van der Waals surface area contributed by atoms with Gasteiger partial charge < -0.3 is 29.9 Å². The molecule has 1 aliphatic rings. The van der Waals surface area contributed by atoms with Crippen LogP contribution in [0.5, 0.6) is 5.75 Å². The van der Waals surface area contributed by atoms with Gasteiger partial charge in [-0.1, -0.05) is 25.1 Å².